The van der Waals surface area contributed by atoms with Gasteiger partial charge in [0.2, 0.25) is 0 Å². The number of sulfonamides is 1. The molecular formula is C20H14Cl2N4O4S. The fourth-order valence-electron chi connectivity index (χ4n) is 3.14. The SMILES string of the molecule is Cc1cc2[nH]c(=O)c(=O)[nH]c2cc1S(=O)(=O)Nc1ccc(-c2ccnc(Cl)c2)c(Cl)c1. The van der Waals surface area contributed by atoms with Gasteiger partial charge in [0, 0.05) is 11.8 Å². The second-order valence-corrected chi connectivity index (χ2v) is 9.18. The smallest absolute Gasteiger partial charge is 0.314 e. The summed E-state index contributed by atoms with van der Waals surface area (Å²) in [5.41, 5.74) is 0.875. The van der Waals surface area contributed by atoms with Crippen molar-refractivity contribution in [1.29, 1.82) is 0 Å². The standard InChI is InChI=1S/C20H14Cl2N4O4S/c1-10-6-15-16(25-20(28)19(27)24-15)9-17(10)31(29,30)26-12-2-3-13(14(21)8-12)11-4-5-23-18(22)7-11/h2-9,26H,1H3,(H,24,27)(H,25,28). The van der Waals surface area contributed by atoms with Gasteiger partial charge in [0.15, 0.2) is 0 Å². The number of H-pyrrole nitrogens is 2. The molecule has 0 aliphatic heterocycles. The Morgan fingerprint density at radius 1 is 0.935 bits per heavy atom. The fourth-order valence-corrected chi connectivity index (χ4v) is 4.90. The number of hydrogen-bond acceptors (Lipinski definition) is 5. The summed E-state index contributed by atoms with van der Waals surface area (Å²) in [6.45, 7) is 1.58. The Kier molecular flexibility index (Phi) is 5.34. The molecule has 0 saturated heterocycles. The Bertz CT molecular complexity index is 1560. The first kappa shape index (κ1) is 21.1. The van der Waals surface area contributed by atoms with Crippen molar-refractivity contribution in [2.24, 2.45) is 0 Å². The molecule has 4 aromatic rings. The first-order chi connectivity index (χ1) is 14.6. The van der Waals surface area contributed by atoms with Crippen LogP contribution in [0.25, 0.3) is 22.2 Å². The van der Waals surface area contributed by atoms with Crippen LogP contribution in [-0.4, -0.2) is 23.4 Å². The number of anilines is 1. The van der Waals surface area contributed by atoms with Crippen molar-refractivity contribution < 1.29 is 8.42 Å². The number of nitrogens with zero attached hydrogens (tertiary/aromatic N) is 1. The Balaban J connectivity index is 1.71. The summed E-state index contributed by atoms with van der Waals surface area (Å²) >= 11 is 12.3. The third-order valence-corrected chi connectivity index (χ3v) is 6.61. The highest BCUT2D eigenvalue weighted by molar-refractivity contribution is 7.92. The van der Waals surface area contributed by atoms with Crippen molar-refractivity contribution in [3.8, 4) is 11.1 Å². The Morgan fingerprint density at radius 3 is 2.26 bits per heavy atom. The van der Waals surface area contributed by atoms with Crippen LogP contribution in [-0.2, 0) is 10.0 Å². The molecule has 11 heteroatoms. The summed E-state index contributed by atoms with van der Waals surface area (Å²) in [6, 6.07) is 10.9. The quantitative estimate of drug-likeness (QED) is 0.306. The van der Waals surface area contributed by atoms with Gasteiger partial charge in [0.1, 0.15) is 5.15 Å². The molecule has 158 valence electrons. The third-order valence-electron chi connectivity index (χ3n) is 4.57. The first-order valence-corrected chi connectivity index (χ1v) is 11.1. The number of nitrogens with one attached hydrogen (secondary N) is 3. The van der Waals surface area contributed by atoms with Crippen LogP contribution in [0.1, 0.15) is 5.56 Å². The van der Waals surface area contributed by atoms with Gasteiger partial charge in [-0.15, -0.1) is 0 Å². The van der Waals surface area contributed by atoms with Crippen LogP contribution in [0.3, 0.4) is 0 Å². The maximum Gasteiger partial charge on any atom is 0.314 e. The minimum atomic E-state index is -4.01. The summed E-state index contributed by atoms with van der Waals surface area (Å²) in [4.78, 5) is 31.7. The molecule has 0 fully saturated rings. The lowest BCUT2D eigenvalue weighted by molar-refractivity contribution is 0.600. The Morgan fingerprint density at radius 2 is 1.61 bits per heavy atom. The van der Waals surface area contributed by atoms with Crippen LogP contribution in [0.5, 0.6) is 0 Å². The van der Waals surface area contributed by atoms with Gasteiger partial charge >= 0.3 is 11.1 Å². The van der Waals surface area contributed by atoms with E-state index >= 15 is 0 Å². The van der Waals surface area contributed by atoms with Gasteiger partial charge in [-0.25, -0.2) is 13.4 Å². The maximum atomic E-state index is 13.0. The van der Waals surface area contributed by atoms with Crippen molar-refractivity contribution in [3.05, 3.63) is 85.1 Å². The summed E-state index contributed by atoms with van der Waals surface area (Å²) in [6.07, 6.45) is 1.55. The van der Waals surface area contributed by atoms with E-state index < -0.39 is 21.1 Å². The molecule has 0 atom stereocenters. The molecule has 0 spiro atoms. The number of benzene rings is 2. The average molecular weight is 477 g/mol. The second-order valence-electron chi connectivity index (χ2n) is 6.74. The highest BCUT2D eigenvalue weighted by Gasteiger charge is 2.19. The molecule has 3 N–H and O–H groups in total. The monoisotopic (exact) mass is 476 g/mol. The highest BCUT2D eigenvalue weighted by Crippen LogP contribution is 2.32. The predicted octanol–water partition coefficient (Wildman–Crippen LogP) is 3.69. The number of pyridine rings is 1. The van der Waals surface area contributed by atoms with E-state index in [9.17, 15) is 18.0 Å². The Labute approximate surface area is 185 Å². The molecule has 0 aliphatic rings. The molecule has 0 saturated carbocycles. The normalized spacial score (nSPS) is 11.6. The van der Waals surface area contributed by atoms with Crippen LogP contribution in [0.15, 0.2) is 63.1 Å². The number of hydrogen-bond donors (Lipinski definition) is 3. The number of aromatic nitrogens is 3. The topological polar surface area (TPSA) is 125 Å². The van der Waals surface area contributed by atoms with Gasteiger partial charge < -0.3 is 9.97 Å². The molecule has 0 unspecified atom stereocenters. The third kappa shape index (κ3) is 4.20. The average Bonchev–Trinajstić information content (AvgIpc) is 2.68. The van der Waals surface area contributed by atoms with Crippen molar-refractivity contribution in [3.63, 3.8) is 0 Å². The fraction of sp³-hybridized carbons (Fsp3) is 0.0500. The zero-order chi connectivity index (χ0) is 22.3. The minimum absolute atomic E-state index is 0.0520. The largest absolute Gasteiger partial charge is 0.316 e. The van der Waals surface area contributed by atoms with Crippen LogP contribution in [0, 0.1) is 6.92 Å². The molecular weight excluding hydrogens is 463 g/mol. The molecule has 2 aromatic carbocycles. The van der Waals surface area contributed by atoms with E-state index in [-0.39, 0.29) is 16.1 Å². The van der Waals surface area contributed by atoms with Gasteiger partial charge in [-0.05, 0) is 54.4 Å². The van der Waals surface area contributed by atoms with Gasteiger partial charge in [-0.3, -0.25) is 14.3 Å². The Hall–Kier alpha value is -3.14. The summed E-state index contributed by atoms with van der Waals surface area (Å²) in [5.74, 6) is 0. The number of aryl methyl sites for hydroxylation is 1. The molecule has 2 heterocycles. The summed E-state index contributed by atoms with van der Waals surface area (Å²) in [7, 11) is -4.01. The van der Waals surface area contributed by atoms with E-state index in [1.54, 1.807) is 37.4 Å². The van der Waals surface area contributed by atoms with Crippen LogP contribution >= 0.6 is 23.2 Å². The highest BCUT2D eigenvalue weighted by atomic mass is 35.5. The van der Waals surface area contributed by atoms with Gasteiger partial charge in [0.05, 0.1) is 26.6 Å². The number of rotatable bonds is 4. The van der Waals surface area contributed by atoms with Crippen molar-refractivity contribution in [1.82, 2.24) is 15.0 Å². The zero-order valence-electron chi connectivity index (χ0n) is 15.9. The summed E-state index contributed by atoms with van der Waals surface area (Å²) < 4.78 is 28.5. The minimum Gasteiger partial charge on any atom is -0.316 e. The van der Waals surface area contributed by atoms with Crippen LogP contribution < -0.4 is 15.8 Å². The van der Waals surface area contributed by atoms with E-state index in [4.69, 9.17) is 23.2 Å². The summed E-state index contributed by atoms with van der Waals surface area (Å²) in [5, 5.41) is 0.629. The molecule has 2 aromatic heterocycles. The van der Waals surface area contributed by atoms with E-state index in [0.717, 1.165) is 5.56 Å². The molecule has 0 aliphatic carbocycles. The molecule has 0 radical (unpaired) electrons. The predicted molar refractivity (Wildman–Crippen MR) is 120 cm³/mol. The van der Waals surface area contributed by atoms with Crippen molar-refractivity contribution in [2.45, 2.75) is 11.8 Å². The molecule has 0 bridgehead atoms. The second kappa shape index (κ2) is 7.84. The molecule has 31 heavy (non-hydrogen) atoms. The number of halogens is 2. The maximum absolute atomic E-state index is 13.0. The lowest BCUT2D eigenvalue weighted by Crippen LogP contribution is -2.29. The van der Waals surface area contributed by atoms with Crippen molar-refractivity contribution >= 4 is 49.9 Å². The molecule has 0 amide bonds. The van der Waals surface area contributed by atoms with E-state index in [2.05, 4.69) is 19.7 Å². The number of aromatic amines is 2. The van der Waals surface area contributed by atoms with Gasteiger partial charge in [-0.1, -0.05) is 29.3 Å². The van der Waals surface area contributed by atoms with Crippen LogP contribution in [0.4, 0.5) is 5.69 Å². The van der Waals surface area contributed by atoms with Gasteiger partial charge in [-0.2, -0.15) is 0 Å². The lowest BCUT2D eigenvalue weighted by Gasteiger charge is -2.13. The van der Waals surface area contributed by atoms with E-state index in [1.165, 1.54) is 18.2 Å². The molecule has 8 nitrogen and oxygen atoms in total. The number of fused-ring (bicyclic) bond motifs is 1. The first-order valence-electron chi connectivity index (χ1n) is 8.85. The van der Waals surface area contributed by atoms with Crippen LogP contribution in [0.2, 0.25) is 10.2 Å². The lowest BCUT2D eigenvalue weighted by atomic mass is 10.1. The van der Waals surface area contributed by atoms with Gasteiger partial charge in [0.25, 0.3) is 10.0 Å². The van der Waals surface area contributed by atoms with Crippen molar-refractivity contribution in [2.75, 3.05) is 4.72 Å². The zero-order valence-corrected chi connectivity index (χ0v) is 18.2. The van der Waals surface area contributed by atoms with E-state index in [1.807, 2.05) is 0 Å². The van der Waals surface area contributed by atoms with E-state index in [0.29, 0.717) is 26.8 Å². The molecule has 4 rings (SSSR count).